The Balaban J connectivity index is 1.83. The molecule has 2 N–H and O–H groups in total. The Morgan fingerprint density at radius 3 is 2.36 bits per heavy atom. The maximum absolute atomic E-state index is 13.4. The van der Waals surface area contributed by atoms with Crippen molar-refractivity contribution in [2.75, 3.05) is 18.5 Å². The summed E-state index contributed by atoms with van der Waals surface area (Å²) >= 11 is 0. The summed E-state index contributed by atoms with van der Waals surface area (Å²) in [5.41, 5.74) is -5.71. The normalized spacial score (nSPS) is 21.8. The minimum atomic E-state index is -5.95. The molecule has 0 aromatic heterocycles. The van der Waals surface area contributed by atoms with Crippen molar-refractivity contribution in [3.05, 3.63) is 53.1 Å². The molecule has 33 heavy (non-hydrogen) atoms. The molecule has 0 spiro atoms. The van der Waals surface area contributed by atoms with Crippen LogP contribution in [0.5, 0.6) is 11.5 Å². The molecule has 2 aromatic carbocycles. The highest BCUT2D eigenvalue weighted by Gasteiger charge is 2.71. The van der Waals surface area contributed by atoms with Gasteiger partial charge in [-0.05, 0) is 30.7 Å². The molecule has 180 valence electrons. The van der Waals surface area contributed by atoms with Crippen LogP contribution in [0.4, 0.5) is 32.0 Å². The first-order valence-corrected chi connectivity index (χ1v) is 10.4. The van der Waals surface area contributed by atoms with Crippen LogP contribution in [0.3, 0.4) is 0 Å². The Morgan fingerprint density at radius 2 is 1.76 bits per heavy atom. The van der Waals surface area contributed by atoms with Crippen LogP contribution in [-0.4, -0.2) is 30.7 Å². The molecule has 2 aliphatic heterocycles. The molecule has 2 aromatic rings. The van der Waals surface area contributed by atoms with E-state index in [4.69, 9.17) is 9.47 Å². The van der Waals surface area contributed by atoms with Gasteiger partial charge in [0.15, 0.2) is 11.5 Å². The van der Waals surface area contributed by atoms with Crippen LogP contribution in [0.1, 0.15) is 43.5 Å². The van der Waals surface area contributed by atoms with E-state index in [9.17, 15) is 31.4 Å². The Hall–Kier alpha value is -2.62. The number of anilines is 1. The summed E-state index contributed by atoms with van der Waals surface area (Å²) in [7, 11) is 0. The number of benzene rings is 2. The second-order valence-electron chi connectivity index (χ2n) is 8.83. The SMILES string of the molecule is CCOc1cccc2c1OCC1C2Nc2ccc(C(O)(C(F)(F)F)C(F)(F)F)cc2C1(C)C. The van der Waals surface area contributed by atoms with Crippen molar-refractivity contribution in [3.63, 3.8) is 0 Å². The molecule has 10 heteroatoms. The molecule has 0 bridgehead atoms. The lowest BCUT2D eigenvalue weighted by molar-refractivity contribution is -0.376. The van der Waals surface area contributed by atoms with E-state index in [1.54, 1.807) is 26.0 Å². The molecule has 0 radical (unpaired) electrons. The third-order valence-electron chi connectivity index (χ3n) is 6.64. The van der Waals surface area contributed by atoms with Gasteiger partial charge in [-0.3, -0.25) is 0 Å². The molecule has 2 aliphatic rings. The number of hydrogen-bond donors (Lipinski definition) is 2. The summed E-state index contributed by atoms with van der Waals surface area (Å²) < 4.78 is 92.2. The number of fused-ring (bicyclic) bond motifs is 4. The van der Waals surface area contributed by atoms with Crippen LogP contribution in [0.2, 0.25) is 0 Å². The van der Waals surface area contributed by atoms with Gasteiger partial charge in [0.25, 0.3) is 5.60 Å². The number of nitrogens with one attached hydrogen (secondary N) is 1. The highest BCUT2D eigenvalue weighted by molar-refractivity contribution is 5.63. The van der Waals surface area contributed by atoms with E-state index in [2.05, 4.69) is 5.32 Å². The first kappa shape index (κ1) is 23.5. The number of alkyl halides is 6. The smallest absolute Gasteiger partial charge is 0.430 e. The van der Waals surface area contributed by atoms with Crippen LogP contribution in [0.25, 0.3) is 0 Å². The average Bonchev–Trinajstić information content (AvgIpc) is 2.72. The van der Waals surface area contributed by atoms with Gasteiger partial charge in [-0.1, -0.05) is 32.0 Å². The first-order valence-electron chi connectivity index (χ1n) is 10.4. The van der Waals surface area contributed by atoms with Crippen molar-refractivity contribution >= 4 is 5.69 Å². The molecule has 2 atom stereocenters. The molecule has 4 rings (SSSR count). The van der Waals surface area contributed by atoms with E-state index in [-0.39, 0.29) is 24.1 Å². The second-order valence-corrected chi connectivity index (χ2v) is 8.83. The number of halogens is 6. The quantitative estimate of drug-likeness (QED) is 0.547. The molecule has 2 heterocycles. The van der Waals surface area contributed by atoms with E-state index in [1.165, 1.54) is 0 Å². The zero-order valence-corrected chi connectivity index (χ0v) is 18.1. The standard InChI is InChI=1S/C23H23F6NO3/c1-4-32-17-7-5-6-13-18-15(11-33-19(13)17)20(2,3)14-10-12(8-9-16(14)30-18)21(31,22(24,25)26)23(27,28)29/h5-10,15,18,30-31H,4,11H2,1-3H3. The van der Waals surface area contributed by atoms with Crippen LogP contribution >= 0.6 is 0 Å². The van der Waals surface area contributed by atoms with Crippen molar-refractivity contribution < 1.29 is 40.9 Å². The minimum Gasteiger partial charge on any atom is -0.490 e. The zero-order chi connectivity index (χ0) is 24.4. The molecule has 2 unspecified atom stereocenters. The van der Waals surface area contributed by atoms with Crippen molar-refractivity contribution in [3.8, 4) is 11.5 Å². The predicted molar refractivity (Wildman–Crippen MR) is 108 cm³/mol. The van der Waals surface area contributed by atoms with E-state index in [0.29, 0.717) is 29.9 Å². The van der Waals surface area contributed by atoms with Crippen LogP contribution in [0, 0.1) is 5.92 Å². The lowest BCUT2D eigenvalue weighted by Crippen LogP contribution is -2.54. The van der Waals surface area contributed by atoms with E-state index < -0.39 is 28.9 Å². The average molecular weight is 475 g/mol. The molecular weight excluding hydrogens is 452 g/mol. The molecule has 0 saturated carbocycles. The summed E-state index contributed by atoms with van der Waals surface area (Å²) in [5, 5.41) is 13.1. The largest absolute Gasteiger partial charge is 0.490 e. The number of aliphatic hydroxyl groups is 1. The molecule has 4 nitrogen and oxygen atoms in total. The topological polar surface area (TPSA) is 50.7 Å². The fourth-order valence-electron chi connectivity index (χ4n) is 4.77. The van der Waals surface area contributed by atoms with Crippen molar-refractivity contribution in [1.29, 1.82) is 0 Å². The molecular formula is C23H23F6NO3. The summed E-state index contributed by atoms with van der Waals surface area (Å²) in [5.74, 6) is 0.816. The van der Waals surface area contributed by atoms with Crippen LogP contribution in [0.15, 0.2) is 36.4 Å². The van der Waals surface area contributed by atoms with Gasteiger partial charge in [0, 0.05) is 28.1 Å². The number of rotatable bonds is 3. The summed E-state index contributed by atoms with van der Waals surface area (Å²) in [6.07, 6.45) is -11.9. The van der Waals surface area contributed by atoms with Gasteiger partial charge in [0.05, 0.1) is 19.3 Å². The Morgan fingerprint density at radius 1 is 1.09 bits per heavy atom. The highest BCUT2D eigenvalue weighted by atomic mass is 19.4. The van der Waals surface area contributed by atoms with Gasteiger partial charge >= 0.3 is 12.4 Å². The van der Waals surface area contributed by atoms with Gasteiger partial charge in [0.2, 0.25) is 0 Å². The lowest BCUT2D eigenvalue weighted by Gasteiger charge is -2.49. The summed E-state index contributed by atoms with van der Waals surface area (Å²) in [4.78, 5) is 0. The highest BCUT2D eigenvalue weighted by Crippen LogP contribution is 2.56. The molecule has 0 aliphatic carbocycles. The van der Waals surface area contributed by atoms with Gasteiger partial charge in [0.1, 0.15) is 0 Å². The van der Waals surface area contributed by atoms with E-state index in [0.717, 1.165) is 17.7 Å². The first-order chi connectivity index (χ1) is 15.2. The van der Waals surface area contributed by atoms with Crippen molar-refractivity contribution in [2.45, 2.75) is 50.2 Å². The van der Waals surface area contributed by atoms with Crippen molar-refractivity contribution in [1.82, 2.24) is 0 Å². The summed E-state index contributed by atoms with van der Waals surface area (Å²) in [6, 6.07) is 7.75. The second kappa shape index (κ2) is 7.44. The third-order valence-corrected chi connectivity index (χ3v) is 6.64. The number of ether oxygens (including phenoxy) is 2. The predicted octanol–water partition coefficient (Wildman–Crippen LogP) is 5.85. The minimum absolute atomic E-state index is 0.175. The van der Waals surface area contributed by atoms with Crippen molar-refractivity contribution in [2.24, 2.45) is 5.92 Å². The number of para-hydroxylation sites is 1. The molecule has 0 amide bonds. The summed E-state index contributed by atoms with van der Waals surface area (Å²) in [6.45, 7) is 5.93. The molecule has 0 saturated heterocycles. The van der Waals surface area contributed by atoms with Crippen LogP contribution in [-0.2, 0) is 11.0 Å². The number of hydrogen-bond acceptors (Lipinski definition) is 4. The Bertz CT molecular complexity index is 1050. The Labute approximate surface area is 186 Å². The third kappa shape index (κ3) is 3.41. The van der Waals surface area contributed by atoms with Gasteiger partial charge < -0.3 is 19.9 Å². The Kier molecular flexibility index (Phi) is 5.31. The zero-order valence-electron chi connectivity index (χ0n) is 18.1. The fourth-order valence-corrected chi connectivity index (χ4v) is 4.77. The van der Waals surface area contributed by atoms with E-state index >= 15 is 0 Å². The van der Waals surface area contributed by atoms with Gasteiger partial charge in [-0.25, -0.2) is 0 Å². The monoisotopic (exact) mass is 475 g/mol. The maximum Gasteiger partial charge on any atom is 0.430 e. The molecule has 0 fully saturated rings. The fraction of sp³-hybridized carbons (Fsp3) is 0.478. The van der Waals surface area contributed by atoms with Gasteiger partial charge in [-0.15, -0.1) is 0 Å². The van der Waals surface area contributed by atoms with E-state index in [1.807, 2.05) is 13.0 Å². The van der Waals surface area contributed by atoms with Crippen LogP contribution < -0.4 is 14.8 Å². The van der Waals surface area contributed by atoms with Gasteiger partial charge in [-0.2, -0.15) is 26.3 Å². The lowest BCUT2D eigenvalue weighted by atomic mass is 9.64. The maximum atomic E-state index is 13.4.